The summed E-state index contributed by atoms with van der Waals surface area (Å²) in [7, 11) is 1.47. The minimum Gasteiger partial charge on any atom is -0.508 e. The third kappa shape index (κ3) is 21.2. The summed E-state index contributed by atoms with van der Waals surface area (Å²) >= 11 is 20.4. The third-order valence-corrected chi connectivity index (χ3v) is 22.9. The number of aliphatic hydroxyl groups excluding tert-OH is 6. The summed E-state index contributed by atoms with van der Waals surface area (Å²) < 4.78 is 40.7. The first-order valence-corrected chi connectivity index (χ1v) is 41.4. The van der Waals surface area contributed by atoms with Gasteiger partial charge in [-0.05, 0) is 145 Å². The zero-order chi connectivity index (χ0) is 92.0. The number of nitrogens with two attached hydrogens (primary N) is 1. The van der Waals surface area contributed by atoms with Gasteiger partial charge >= 0.3 is 5.69 Å². The number of aromatic nitrogens is 2. The van der Waals surface area contributed by atoms with E-state index in [1.807, 2.05) is 13.8 Å². The van der Waals surface area contributed by atoms with Crippen LogP contribution in [0.25, 0.3) is 17.2 Å². The molecule has 6 aromatic carbocycles. The molecule has 7 aromatic rings. The van der Waals surface area contributed by atoms with Crippen LogP contribution in [0.3, 0.4) is 0 Å². The van der Waals surface area contributed by atoms with Gasteiger partial charge in [-0.2, -0.15) is 4.98 Å². The van der Waals surface area contributed by atoms with Gasteiger partial charge in [0, 0.05) is 66.1 Å². The number of nitrogens with zero attached hydrogens (tertiary/aromatic N) is 3. The van der Waals surface area contributed by atoms with Crippen LogP contribution < -0.4 is 89.7 Å². The van der Waals surface area contributed by atoms with Crippen molar-refractivity contribution in [3.8, 4) is 57.1 Å². The van der Waals surface area contributed by atoms with Gasteiger partial charge < -0.3 is 133 Å². The lowest BCUT2D eigenvalue weighted by molar-refractivity contribution is -0.334. The molecule has 8 aliphatic rings. The monoisotopic (exact) mass is 1830 g/mol. The number of rotatable bonds is 20. The summed E-state index contributed by atoms with van der Waals surface area (Å²) in [5.74, 6) is -16.0. The highest BCUT2D eigenvalue weighted by Gasteiger charge is 2.52. The number of anilines is 1. The number of halogens is 3. The van der Waals surface area contributed by atoms with Crippen LogP contribution in [0.4, 0.5) is 5.82 Å². The Labute approximate surface area is 743 Å². The Morgan fingerprint density at radius 3 is 2.04 bits per heavy atom. The summed E-state index contributed by atoms with van der Waals surface area (Å²) in [5, 5.41) is 133. The van der Waals surface area contributed by atoms with Crippen molar-refractivity contribution < 1.29 is 118 Å². The van der Waals surface area contributed by atoms with Crippen LogP contribution in [0.1, 0.15) is 111 Å². The number of nitrogens with one attached hydrogen (secondary N) is 12. The first kappa shape index (κ1) is 93.3. The van der Waals surface area contributed by atoms with Gasteiger partial charge in [-0.1, -0.05) is 79.0 Å². The van der Waals surface area contributed by atoms with E-state index in [-0.39, 0.29) is 72.6 Å². The van der Waals surface area contributed by atoms with Crippen LogP contribution in [0, 0.1) is 5.92 Å². The average Bonchev–Trinajstić information content (AvgIpc) is 0.792. The number of hydrogen-bond donors (Lipinski definition) is 22. The van der Waals surface area contributed by atoms with Crippen LogP contribution in [0.5, 0.6) is 46.0 Å². The second-order valence-electron chi connectivity index (χ2n) is 31.6. The zero-order valence-corrected chi connectivity index (χ0v) is 71.1. The molecule has 23 N–H and O–H groups in total. The van der Waals surface area contributed by atoms with Gasteiger partial charge in [0.1, 0.15) is 101 Å². The number of phenols is 3. The molecule has 2 saturated heterocycles. The Kier molecular flexibility index (Phi) is 29.1. The third-order valence-electron chi connectivity index (χ3n) is 22.0. The zero-order valence-electron chi connectivity index (χ0n) is 68.8. The Bertz CT molecular complexity index is 5560. The molecule has 2 fully saturated rings. The molecule has 8 aliphatic heterocycles. The van der Waals surface area contributed by atoms with Crippen molar-refractivity contribution in [3.63, 3.8) is 0 Å². The SMILES string of the molecule is CN[C@H](CC(C)C)C(=O)N[C@H]1C(=O)N[C@@H](CC(N)=O)C(=O)N[C@H]2C(=O)N[C@H]3C(=O)N[C@H](C(=O)N[C@@H](C(=O)NNC4=NCCN4)c4cc(O)cc(O)c4-c4cc3ccc4O)[C@H](O)c3ccc(c(Cl)c3)Oc3cc2cc(c3O[C@@H]2O[C@H](CO)[C@@H](O)[C@H](O)[C@H]2O[C@H]2C[C@](C)(NCCn3ccc(NC(=O)/C=C/c4ccc(Cl)cc4)nc3=O)[C@H](O)[C@H](C)O2)Oc2ccc(cc2Cl)[C@H]1O. The van der Waals surface area contributed by atoms with Crippen molar-refractivity contribution in [2.24, 2.45) is 16.6 Å². The van der Waals surface area contributed by atoms with E-state index >= 15 is 24.0 Å². The van der Waals surface area contributed by atoms with Crippen molar-refractivity contribution >= 4 is 106 Å². The molecule has 9 amide bonds. The van der Waals surface area contributed by atoms with Crippen molar-refractivity contribution in [3.05, 3.63) is 180 Å². The molecular weight excluding hydrogens is 1740 g/mol. The van der Waals surface area contributed by atoms with Gasteiger partial charge in [0.2, 0.25) is 65.3 Å². The number of benzene rings is 6. The molecule has 0 saturated carbocycles. The predicted molar refractivity (Wildman–Crippen MR) is 455 cm³/mol. The maximum Gasteiger partial charge on any atom is 0.349 e. The molecule has 1 aromatic heterocycles. The standard InChI is InChI=1S/C84H93Cl3N16O25/c1-35(2)24-48(89-5)74(115)99-65-67(110)39-10-15-52(46(86)26-39)124-54-28-41-29-55(71(54)128-81-72(70(113)69(112)56(34-104)126-81)127-60-33-84(4,73(114)36(3)123-60)92-21-23-103-22-18-58(95-83(103)122)94-59(109)17-8-37-6-12-42(85)13-7-37)125-53-16-11-40(27-47(53)87)68(111)66-79(120)98-64(80(121)101-102-82-90-19-20-91-82)45-30-43(105)31-51(107)61(45)44-25-38(9-14-50(44)106)62(76(117)100-66)97-77(118)63(41)96-75(116)49(32-57(88)108)93-78(65)119/h6-18,22,25-31,35-36,48-49,56,60,62-70,72-73,81,89,92,104-107,110-114H,19-21,23-24,32-34H2,1-5H3,(H2,88,108)(H,93,119)(H,96,116)(H,97,118)(H,98,120)(H,99,115)(H,100,117)(H,101,121)(H2,90,91,102)(H,94,95,109,122)/b17-8+/t36-,48+,49-,56+,60-,62+,63+,64+,65+,66-,67+,68+,69+,70-,72+,73+,81-,84-/m0/s1. The van der Waals surface area contributed by atoms with Crippen molar-refractivity contribution in [1.82, 2.24) is 68.3 Å². The highest BCUT2D eigenvalue weighted by Crippen LogP contribution is 2.50. The summed E-state index contributed by atoms with van der Waals surface area (Å²) in [6.45, 7) is 6.25. The molecule has 128 heavy (non-hydrogen) atoms. The number of amides is 9. The molecule has 18 atom stereocenters. The summed E-state index contributed by atoms with van der Waals surface area (Å²) in [6, 6.07) is 7.73. The smallest absolute Gasteiger partial charge is 0.349 e. The van der Waals surface area contributed by atoms with Gasteiger partial charge in [-0.3, -0.25) is 63.6 Å². The minimum absolute atomic E-state index is 0.0346. The molecule has 680 valence electrons. The highest BCUT2D eigenvalue weighted by molar-refractivity contribution is 6.32. The van der Waals surface area contributed by atoms with E-state index in [1.165, 1.54) is 55.1 Å². The van der Waals surface area contributed by atoms with Gasteiger partial charge in [-0.15, -0.1) is 0 Å². The quantitative estimate of drug-likeness (QED) is 0.0371. The first-order chi connectivity index (χ1) is 60.9. The molecule has 0 radical (unpaired) electrons. The van der Waals surface area contributed by atoms with Crippen LogP contribution in [-0.2, 0) is 63.9 Å². The van der Waals surface area contributed by atoms with Crippen LogP contribution in [-0.4, -0.2) is 227 Å². The fourth-order valence-electron chi connectivity index (χ4n) is 15.4. The van der Waals surface area contributed by atoms with Crippen molar-refractivity contribution in [2.75, 3.05) is 38.6 Å². The van der Waals surface area contributed by atoms with E-state index in [2.05, 4.69) is 74.0 Å². The number of ether oxygens (including phenoxy) is 6. The number of carbonyl (C=O) groups excluding carboxylic acids is 9. The van der Waals surface area contributed by atoms with Gasteiger partial charge in [0.05, 0.1) is 47.9 Å². The predicted octanol–water partition coefficient (Wildman–Crippen LogP) is 0.795. The van der Waals surface area contributed by atoms with E-state index < -0.39 is 254 Å². The summed E-state index contributed by atoms with van der Waals surface area (Å²) in [5.41, 5.74) is 6.66. The van der Waals surface area contributed by atoms with Crippen LogP contribution >= 0.6 is 34.8 Å². The van der Waals surface area contributed by atoms with Crippen molar-refractivity contribution in [2.45, 2.75) is 163 Å². The van der Waals surface area contributed by atoms with E-state index in [1.54, 1.807) is 31.2 Å². The minimum atomic E-state index is -2.39. The normalized spacial score (nSPS) is 26.1. The average molecular weight is 1830 g/mol. The topological polar surface area (TPSA) is 609 Å². The molecule has 0 spiro atoms. The van der Waals surface area contributed by atoms with Gasteiger partial charge in [0.15, 0.2) is 23.9 Å². The number of guanidine groups is 1. The number of fused-ring (bicyclic) bond motifs is 15. The Morgan fingerprint density at radius 1 is 0.734 bits per heavy atom. The van der Waals surface area contributed by atoms with Gasteiger partial charge in [0.25, 0.3) is 5.91 Å². The number of carbonyl (C=O) groups is 9. The second-order valence-corrected chi connectivity index (χ2v) is 32.9. The van der Waals surface area contributed by atoms with E-state index in [0.717, 1.165) is 66.7 Å². The van der Waals surface area contributed by atoms with E-state index in [9.17, 15) is 69.9 Å². The lowest BCUT2D eigenvalue weighted by Gasteiger charge is -2.48. The molecule has 41 nitrogen and oxygen atoms in total. The van der Waals surface area contributed by atoms with Crippen LogP contribution in [0.2, 0.25) is 15.1 Å². The number of likely N-dealkylation sites (N-methyl/N-ethyl adjacent to an activating group) is 1. The molecule has 44 heteroatoms. The maximum absolute atomic E-state index is 16.4. The molecule has 9 heterocycles. The number of primary amides is 1. The lowest BCUT2D eigenvalue weighted by Crippen LogP contribution is -2.65. The summed E-state index contributed by atoms with van der Waals surface area (Å²) in [4.78, 5) is 155. The molecular formula is C84H93Cl3N16O25. The van der Waals surface area contributed by atoms with E-state index in [0.29, 0.717) is 17.1 Å². The van der Waals surface area contributed by atoms with Crippen molar-refractivity contribution in [1.29, 1.82) is 0 Å². The molecule has 11 bridgehead atoms. The largest absolute Gasteiger partial charge is 0.508 e. The highest BCUT2D eigenvalue weighted by atomic mass is 35.5. The Balaban J connectivity index is 0.940. The molecule has 15 rings (SSSR count). The lowest BCUT2D eigenvalue weighted by atomic mass is 9.85. The second kappa shape index (κ2) is 39.9. The first-order valence-electron chi connectivity index (χ1n) is 40.3. The van der Waals surface area contributed by atoms with Crippen LogP contribution in [0.15, 0.2) is 131 Å². The molecule has 0 aliphatic carbocycles. The number of hydrazine groups is 1. The fraction of sp³-hybridized carbons (Fsp3) is 0.381. The number of aliphatic imine (C=N–C) groups is 1. The number of aromatic hydroxyl groups is 3. The Hall–Kier alpha value is -12.3. The maximum atomic E-state index is 16.4. The number of hydrogen-bond acceptors (Lipinski definition) is 31. The Morgan fingerprint density at radius 2 is 1.40 bits per heavy atom. The number of phenolic OH excluding ortho intramolecular Hbond substituents is 3. The van der Waals surface area contributed by atoms with E-state index in [4.69, 9.17) is 69.0 Å². The van der Waals surface area contributed by atoms with Gasteiger partial charge in [-0.25, -0.2) is 4.79 Å². The number of aliphatic hydroxyl groups is 6. The fourth-order valence-corrected chi connectivity index (χ4v) is 16.0. The summed E-state index contributed by atoms with van der Waals surface area (Å²) in [6.07, 6.45) is -15.3. The molecule has 0 unspecified atom stereocenters.